The van der Waals surface area contributed by atoms with Crippen LogP contribution in [0.4, 0.5) is 0 Å². The predicted octanol–water partition coefficient (Wildman–Crippen LogP) is 3.66. The number of hydrogen-bond acceptors (Lipinski definition) is 4. The van der Waals surface area contributed by atoms with E-state index in [9.17, 15) is 9.59 Å². The molecule has 27 heavy (non-hydrogen) atoms. The second-order valence-corrected chi connectivity index (χ2v) is 6.60. The molecule has 6 nitrogen and oxygen atoms in total. The highest BCUT2D eigenvalue weighted by Crippen LogP contribution is 2.19. The molecule has 2 amide bonds. The van der Waals surface area contributed by atoms with Crippen molar-refractivity contribution in [1.29, 1.82) is 0 Å². The molecule has 0 saturated heterocycles. The number of hydrogen-bond donors (Lipinski definition) is 3. The van der Waals surface area contributed by atoms with Gasteiger partial charge in [0.2, 0.25) is 0 Å². The normalized spacial score (nSPS) is 10.1. The Balaban J connectivity index is 1.53. The minimum absolute atomic E-state index is 0.0539. The summed E-state index contributed by atoms with van der Waals surface area (Å²) >= 11 is 8.09. The lowest BCUT2D eigenvalue weighted by Gasteiger charge is -2.10. The summed E-state index contributed by atoms with van der Waals surface area (Å²) in [6, 6.07) is 20.1. The standard InChI is InChI=1S/C19H14BrN3O3S/c20-16-11-10-15(26-16)18(25)21-19(27)23-22-17(24)14-8-6-13(7-9-14)12-4-2-1-3-5-12/h1-11H,(H,22,24)(H2,21,23,25,27). The van der Waals surface area contributed by atoms with Crippen molar-refractivity contribution in [3.8, 4) is 11.1 Å². The molecule has 0 aliphatic carbocycles. The van der Waals surface area contributed by atoms with Crippen LogP contribution in [0, 0.1) is 0 Å². The molecular formula is C19H14BrN3O3S. The van der Waals surface area contributed by atoms with Gasteiger partial charge < -0.3 is 4.42 Å². The summed E-state index contributed by atoms with van der Waals surface area (Å²) in [7, 11) is 0. The third-order valence-corrected chi connectivity index (χ3v) is 4.20. The molecule has 1 aromatic heterocycles. The summed E-state index contributed by atoms with van der Waals surface area (Å²) in [5.41, 5.74) is 7.44. The quantitative estimate of drug-likeness (QED) is 0.424. The van der Waals surface area contributed by atoms with E-state index in [1.165, 1.54) is 6.07 Å². The maximum absolute atomic E-state index is 12.2. The molecule has 1 heterocycles. The van der Waals surface area contributed by atoms with Crippen LogP contribution in [0.1, 0.15) is 20.9 Å². The predicted molar refractivity (Wildman–Crippen MR) is 109 cm³/mol. The van der Waals surface area contributed by atoms with Crippen LogP contribution in [0.2, 0.25) is 0 Å². The van der Waals surface area contributed by atoms with Gasteiger partial charge in [-0.1, -0.05) is 42.5 Å². The molecule has 2 aromatic carbocycles. The molecule has 0 radical (unpaired) electrons. The Morgan fingerprint density at radius 3 is 2.11 bits per heavy atom. The topological polar surface area (TPSA) is 83.4 Å². The monoisotopic (exact) mass is 443 g/mol. The van der Waals surface area contributed by atoms with E-state index in [4.69, 9.17) is 16.6 Å². The van der Waals surface area contributed by atoms with Crippen molar-refractivity contribution < 1.29 is 14.0 Å². The SMILES string of the molecule is O=C(NNC(=S)NC(=O)c1ccc(Br)o1)c1ccc(-c2ccccc2)cc1. The largest absolute Gasteiger partial charge is 0.444 e. The summed E-state index contributed by atoms with van der Waals surface area (Å²) in [5, 5.41) is 2.35. The molecule has 3 rings (SSSR count). The molecule has 0 unspecified atom stereocenters. The van der Waals surface area contributed by atoms with Crippen LogP contribution < -0.4 is 16.2 Å². The first-order chi connectivity index (χ1) is 13.0. The van der Waals surface area contributed by atoms with Crippen LogP contribution in [-0.2, 0) is 0 Å². The van der Waals surface area contributed by atoms with Crippen LogP contribution >= 0.6 is 28.1 Å². The molecule has 0 saturated carbocycles. The van der Waals surface area contributed by atoms with Crippen LogP contribution in [0.3, 0.4) is 0 Å². The van der Waals surface area contributed by atoms with Gasteiger partial charge in [0.1, 0.15) is 0 Å². The first-order valence-electron chi connectivity index (χ1n) is 7.85. The maximum atomic E-state index is 12.2. The fourth-order valence-corrected chi connectivity index (χ4v) is 2.71. The van der Waals surface area contributed by atoms with Crippen molar-refractivity contribution in [3.63, 3.8) is 0 Å². The van der Waals surface area contributed by atoms with Gasteiger partial charge in [-0.2, -0.15) is 0 Å². The zero-order valence-corrected chi connectivity index (χ0v) is 16.3. The zero-order valence-electron chi connectivity index (χ0n) is 13.9. The van der Waals surface area contributed by atoms with Crippen molar-refractivity contribution in [2.75, 3.05) is 0 Å². The molecule has 0 bridgehead atoms. The molecule has 3 N–H and O–H groups in total. The third-order valence-electron chi connectivity index (χ3n) is 3.57. The van der Waals surface area contributed by atoms with Crippen molar-refractivity contribution >= 4 is 45.1 Å². The molecule has 0 fully saturated rings. The Labute approximate surface area is 169 Å². The number of carbonyl (C=O) groups is 2. The van der Waals surface area contributed by atoms with E-state index in [1.807, 2.05) is 42.5 Å². The van der Waals surface area contributed by atoms with Crippen molar-refractivity contribution in [2.24, 2.45) is 0 Å². The Kier molecular flexibility index (Phi) is 6.00. The Morgan fingerprint density at radius 2 is 1.48 bits per heavy atom. The number of halogens is 1. The molecule has 0 atom stereocenters. The van der Waals surface area contributed by atoms with Crippen LogP contribution in [0.5, 0.6) is 0 Å². The number of hydrazine groups is 1. The van der Waals surface area contributed by atoms with E-state index in [1.54, 1.807) is 18.2 Å². The number of carbonyl (C=O) groups excluding carboxylic acids is 2. The van der Waals surface area contributed by atoms with Crippen molar-refractivity contribution in [3.05, 3.63) is 82.7 Å². The second-order valence-electron chi connectivity index (χ2n) is 5.41. The fraction of sp³-hybridized carbons (Fsp3) is 0. The molecule has 8 heteroatoms. The Morgan fingerprint density at radius 1 is 0.815 bits per heavy atom. The number of amides is 2. The van der Waals surface area contributed by atoms with Crippen molar-refractivity contribution in [2.45, 2.75) is 0 Å². The third kappa shape index (κ3) is 5.02. The second kappa shape index (κ2) is 8.61. The number of rotatable bonds is 3. The number of furan rings is 1. The van der Waals surface area contributed by atoms with Gasteiger partial charge in [0.25, 0.3) is 11.8 Å². The van der Waals surface area contributed by atoms with Crippen LogP contribution in [0.25, 0.3) is 11.1 Å². The van der Waals surface area contributed by atoms with E-state index >= 15 is 0 Å². The van der Waals surface area contributed by atoms with Gasteiger partial charge in [-0.25, -0.2) is 0 Å². The minimum Gasteiger partial charge on any atom is -0.444 e. The first-order valence-corrected chi connectivity index (χ1v) is 9.05. The molecule has 136 valence electrons. The van der Waals surface area contributed by atoms with E-state index in [0.717, 1.165) is 11.1 Å². The summed E-state index contributed by atoms with van der Waals surface area (Å²) < 4.78 is 5.55. The number of benzene rings is 2. The van der Waals surface area contributed by atoms with E-state index < -0.39 is 5.91 Å². The van der Waals surface area contributed by atoms with Gasteiger partial charge in [-0.05, 0) is 63.5 Å². The van der Waals surface area contributed by atoms with Gasteiger partial charge in [-0.3, -0.25) is 25.8 Å². The smallest absolute Gasteiger partial charge is 0.293 e. The summed E-state index contributed by atoms with van der Waals surface area (Å²) in [5.74, 6) is -0.819. The zero-order chi connectivity index (χ0) is 19.2. The Bertz CT molecular complexity index is 971. The number of nitrogens with one attached hydrogen (secondary N) is 3. The summed E-state index contributed by atoms with van der Waals surface area (Å²) in [4.78, 5) is 24.1. The Hall–Kier alpha value is -2.97. The van der Waals surface area contributed by atoms with Crippen molar-refractivity contribution in [1.82, 2.24) is 16.2 Å². The highest BCUT2D eigenvalue weighted by Gasteiger charge is 2.13. The van der Waals surface area contributed by atoms with Crippen LogP contribution in [-0.4, -0.2) is 16.9 Å². The van der Waals surface area contributed by atoms with E-state index in [0.29, 0.717) is 10.2 Å². The lowest BCUT2D eigenvalue weighted by molar-refractivity contribution is 0.0926. The molecular weight excluding hydrogens is 430 g/mol. The lowest BCUT2D eigenvalue weighted by Crippen LogP contribution is -2.48. The number of thiocarbonyl (C=S) groups is 1. The summed E-state index contributed by atoms with van der Waals surface area (Å²) in [6.07, 6.45) is 0. The van der Waals surface area contributed by atoms with Gasteiger partial charge in [0, 0.05) is 5.56 Å². The van der Waals surface area contributed by atoms with E-state index in [-0.39, 0.29) is 16.8 Å². The molecule has 3 aromatic rings. The van der Waals surface area contributed by atoms with Gasteiger partial charge in [0.15, 0.2) is 15.5 Å². The van der Waals surface area contributed by atoms with Crippen LogP contribution in [0.15, 0.2) is 75.8 Å². The highest BCUT2D eigenvalue weighted by atomic mass is 79.9. The summed E-state index contributed by atoms with van der Waals surface area (Å²) in [6.45, 7) is 0. The fourth-order valence-electron chi connectivity index (χ4n) is 2.26. The first kappa shape index (κ1) is 18.8. The average Bonchev–Trinajstić information content (AvgIpc) is 3.13. The average molecular weight is 444 g/mol. The lowest BCUT2D eigenvalue weighted by atomic mass is 10.0. The maximum Gasteiger partial charge on any atom is 0.293 e. The van der Waals surface area contributed by atoms with Gasteiger partial charge in [0.05, 0.1) is 0 Å². The molecule has 0 spiro atoms. The van der Waals surface area contributed by atoms with Gasteiger partial charge >= 0.3 is 0 Å². The molecule has 0 aliphatic heterocycles. The van der Waals surface area contributed by atoms with E-state index in [2.05, 4.69) is 32.1 Å². The minimum atomic E-state index is -0.528. The van der Waals surface area contributed by atoms with Gasteiger partial charge in [-0.15, -0.1) is 0 Å². The highest BCUT2D eigenvalue weighted by molar-refractivity contribution is 9.10. The molecule has 0 aliphatic rings.